The van der Waals surface area contributed by atoms with Gasteiger partial charge in [0.1, 0.15) is 0 Å². The van der Waals surface area contributed by atoms with E-state index < -0.39 is 0 Å². The molecule has 0 aromatic heterocycles. The average molecular weight is 289 g/mol. The molecule has 1 unspecified atom stereocenters. The first-order chi connectivity index (χ1) is 10.7. The third-order valence-corrected chi connectivity index (χ3v) is 4.71. The van der Waals surface area contributed by atoms with Crippen LogP contribution in [0, 0.1) is 0 Å². The van der Waals surface area contributed by atoms with Crippen LogP contribution < -0.4 is 5.32 Å². The molecule has 0 heterocycles. The number of hydrogen-bond acceptors (Lipinski definition) is 1. The van der Waals surface area contributed by atoms with Crippen LogP contribution in [0.15, 0.2) is 77.4 Å². The summed E-state index contributed by atoms with van der Waals surface area (Å²) in [6.45, 7) is 7.56. The molecule has 0 radical (unpaired) electrons. The molecular formula is C21H23N. The van der Waals surface area contributed by atoms with Crippen molar-refractivity contribution in [1.82, 2.24) is 0 Å². The molecule has 3 rings (SSSR count). The predicted molar refractivity (Wildman–Crippen MR) is 95.1 cm³/mol. The van der Waals surface area contributed by atoms with Crippen molar-refractivity contribution in [3.63, 3.8) is 0 Å². The third kappa shape index (κ3) is 2.85. The second-order valence-electron chi connectivity index (χ2n) is 6.05. The van der Waals surface area contributed by atoms with Gasteiger partial charge in [-0.3, -0.25) is 0 Å². The zero-order valence-corrected chi connectivity index (χ0v) is 13.6. The Kier molecular flexibility index (Phi) is 4.15. The summed E-state index contributed by atoms with van der Waals surface area (Å²) in [6.07, 6.45) is 2.39. The minimum atomic E-state index is 0.425. The third-order valence-electron chi connectivity index (χ3n) is 4.71. The Labute approximate surface area is 133 Å². The lowest BCUT2D eigenvalue weighted by molar-refractivity contribution is 0.961. The van der Waals surface area contributed by atoms with E-state index in [4.69, 9.17) is 0 Å². The van der Waals surface area contributed by atoms with Crippen molar-refractivity contribution in [1.29, 1.82) is 0 Å². The van der Waals surface area contributed by atoms with E-state index in [0.717, 1.165) is 6.54 Å². The van der Waals surface area contributed by atoms with Gasteiger partial charge >= 0.3 is 0 Å². The van der Waals surface area contributed by atoms with Crippen LogP contribution in [0.2, 0.25) is 0 Å². The molecule has 1 nitrogen and oxygen atoms in total. The van der Waals surface area contributed by atoms with Crippen LogP contribution in [-0.2, 0) is 6.54 Å². The number of anilines is 1. The van der Waals surface area contributed by atoms with Crippen LogP contribution in [0.4, 0.5) is 5.69 Å². The molecule has 0 spiro atoms. The molecule has 1 atom stereocenters. The minimum absolute atomic E-state index is 0.425. The first-order valence-corrected chi connectivity index (χ1v) is 7.89. The standard InChI is InChI=1S/C21H23N/c1-15-13-21(17(3)16(15)2)20-12-8-7-9-18(20)14-22-19-10-5-4-6-11-19/h4-13,21-22H,14H2,1-3H3. The molecule has 1 heteroatoms. The topological polar surface area (TPSA) is 12.0 Å². The molecule has 1 aliphatic carbocycles. The van der Waals surface area contributed by atoms with Gasteiger partial charge in [-0.2, -0.15) is 0 Å². The Morgan fingerprint density at radius 1 is 0.864 bits per heavy atom. The van der Waals surface area contributed by atoms with Crippen molar-refractivity contribution in [3.05, 3.63) is 88.5 Å². The van der Waals surface area contributed by atoms with Crippen molar-refractivity contribution in [2.75, 3.05) is 5.32 Å². The summed E-state index contributed by atoms with van der Waals surface area (Å²) in [5.41, 5.74) is 8.28. The van der Waals surface area contributed by atoms with Crippen LogP contribution in [0.3, 0.4) is 0 Å². The molecule has 2 aromatic carbocycles. The van der Waals surface area contributed by atoms with Crippen LogP contribution in [0.25, 0.3) is 0 Å². The van der Waals surface area contributed by atoms with E-state index in [1.807, 2.05) is 6.07 Å². The summed E-state index contributed by atoms with van der Waals surface area (Å²) in [7, 11) is 0. The predicted octanol–water partition coefficient (Wildman–Crippen LogP) is 5.68. The molecule has 0 saturated carbocycles. The van der Waals surface area contributed by atoms with Gasteiger partial charge in [-0.1, -0.05) is 59.7 Å². The number of allylic oxidation sites excluding steroid dienone is 4. The first kappa shape index (κ1) is 14.6. The Balaban J connectivity index is 1.85. The van der Waals surface area contributed by atoms with E-state index in [1.54, 1.807) is 0 Å². The molecule has 0 fully saturated rings. The Bertz CT molecular complexity index is 723. The molecule has 0 bridgehead atoms. The Hall–Kier alpha value is -2.28. The highest BCUT2D eigenvalue weighted by molar-refractivity contribution is 5.52. The lowest BCUT2D eigenvalue weighted by Crippen LogP contribution is -2.05. The zero-order valence-electron chi connectivity index (χ0n) is 13.6. The van der Waals surface area contributed by atoms with Crippen molar-refractivity contribution in [2.24, 2.45) is 0 Å². The first-order valence-electron chi connectivity index (χ1n) is 7.89. The zero-order chi connectivity index (χ0) is 15.5. The summed E-state index contributed by atoms with van der Waals surface area (Å²) in [5.74, 6) is 0.425. The quantitative estimate of drug-likeness (QED) is 0.763. The van der Waals surface area contributed by atoms with Crippen LogP contribution >= 0.6 is 0 Å². The molecular weight excluding hydrogens is 266 g/mol. The number of rotatable bonds is 4. The monoisotopic (exact) mass is 289 g/mol. The fourth-order valence-electron chi connectivity index (χ4n) is 3.12. The maximum absolute atomic E-state index is 3.53. The maximum atomic E-state index is 3.53. The normalized spacial score (nSPS) is 17.6. The van der Waals surface area contributed by atoms with E-state index in [0.29, 0.717) is 5.92 Å². The van der Waals surface area contributed by atoms with E-state index >= 15 is 0 Å². The Morgan fingerprint density at radius 3 is 2.23 bits per heavy atom. The number of para-hydroxylation sites is 1. The summed E-state index contributed by atoms with van der Waals surface area (Å²) in [4.78, 5) is 0. The fraction of sp³-hybridized carbons (Fsp3) is 0.238. The number of benzene rings is 2. The van der Waals surface area contributed by atoms with Gasteiger partial charge in [-0.15, -0.1) is 0 Å². The van der Waals surface area contributed by atoms with E-state index in [1.165, 1.54) is 33.5 Å². The lowest BCUT2D eigenvalue weighted by atomic mass is 9.90. The SMILES string of the molecule is CC1=CC(c2ccccc2CNc2ccccc2)C(C)=C1C. The minimum Gasteiger partial charge on any atom is -0.381 e. The smallest absolute Gasteiger partial charge is 0.0403 e. The van der Waals surface area contributed by atoms with E-state index in [9.17, 15) is 0 Å². The van der Waals surface area contributed by atoms with Gasteiger partial charge in [0.25, 0.3) is 0 Å². The maximum Gasteiger partial charge on any atom is 0.0403 e. The molecule has 112 valence electrons. The largest absolute Gasteiger partial charge is 0.381 e. The van der Waals surface area contributed by atoms with Crippen molar-refractivity contribution in [3.8, 4) is 0 Å². The molecule has 0 saturated heterocycles. The molecule has 2 aromatic rings. The molecule has 0 amide bonds. The fourth-order valence-corrected chi connectivity index (χ4v) is 3.12. The average Bonchev–Trinajstić information content (AvgIpc) is 2.82. The van der Waals surface area contributed by atoms with E-state index in [2.05, 4.69) is 80.7 Å². The molecule has 22 heavy (non-hydrogen) atoms. The highest BCUT2D eigenvalue weighted by Crippen LogP contribution is 2.38. The van der Waals surface area contributed by atoms with Crippen molar-refractivity contribution in [2.45, 2.75) is 33.2 Å². The van der Waals surface area contributed by atoms with Crippen LogP contribution in [-0.4, -0.2) is 0 Å². The summed E-state index contributed by atoms with van der Waals surface area (Å²) in [6, 6.07) is 19.2. The van der Waals surface area contributed by atoms with Gasteiger partial charge in [0.05, 0.1) is 0 Å². The molecule has 1 aliphatic rings. The second kappa shape index (κ2) is 6.23. The number of hydrogen-bond donors (Lipinski definition) is 1. The summed E-state index contributed by atoms with van der Waals surface area (Å²) < 4.78 is 0. The van der Waals surface area contributed by atoms with Gasteiger partial charge in [0.2, 0.25) is 0 Å². The van der Waals surface area contributed by atoms with Crippen molar-refractivity contribution < 1.29 is 0 Å². The van der Waals surface area contributed by atoms with E-state index in [-0.39, 0.29) is 0 Å². The lowest BCUT2D eigenvalue weighted by Gasteiger charge is -2.17. The highest BCUT2D eigenvalue weighted by atomic mass is 14.9. The van der Waals surface area contributed by atoms with Crippen LogP contribution in [0.5, 0.6) is 0 Å². The highest BCUT2D eigenvalue weighted by Gasteiger charge is 2.21. The van der Waals surface area contributed by atoms with Gasteiger partial charge < -0.3 is 5.32 Å². The summed E-state index contributed by atoms with van der Waals surface area (Å²) >= 11 is 0. The summed E-state index contributed by atoms with van der Waals surface area (Å²) in [5, 5.41) is 3.53. The van der Waals surface area contributed by atoms with Gasteiger partial charge in [-0.25, -0.2) is 0 Å². The molecule has 0 aliphatic heterocycles. The molecule has 1 N–H and O–H groups in total. The number of nitrogens with one attached hydrogen (secondary N) is 1. The Morgan fingerprint density at radius 2 is 1.55 bits per heavy atom. The van der Waals surface area contributed by atoms with Gasteiger partial charge in [0.15, 0.2) is 0 Å². The van der Waals surface area contributed by atoms with Crippen molar-refractivity contribution >= 4 is 5.69 Å². The van der Waals surface area contributed by atoms with Crippen LogP contribution in [0.1, 0.15) is 37.8 Å². The van der Waals surface area contributed by atoms with Gasteiger partial charge in [-0.05, 0) is 49.6 Å². The van der Waals surface area contributed by atoms with Gasteiger partial charge in [0, 0.05) is 18.2 Å². The second-order valence-corrected chi connectivity index (χ2v) is 6.05.